The monoisotopic (exact) mass is 352 g/mol. The summed E-state index contributed by atoms with van der Waals surface area (Å²) in [5, 5.41) is 0. The van der Waals surface area contributed by atoms with Crippen molar-refractivity contribution in [3.63, 3.8) is 0 Å². The maximum absolute atomic E-state index is 0. The predicted molar refractivity (Wildman–Crippen MR) is 9.94 cm³/mol. The minimum Gasteiger partial charge on any atom is 0 e. The van der Waals surface area contributed by atoms with Crippen LogP contribution in [0.3, 0.4) is 0 Å². The summed E-state index contributed by atoms with van der Waals surface area (Å²) < 4.78 is 0. The summed E-state index contributed by atoms with van der Waals surface area (Å²) in [7, 11) is 0. The maximum atomic E-state index is 0. The van der Waals surface area contributed by atoms with Crippen LogP contribution in [0.4, 0.5) is 0 Å². The zero-order valence-electron chi connectivity index (χ0n) is 1.39. The van der Waals surface area contributed by atoms with E-state index in [0.717, 1.165) is 0 Å². The molecule has 4 heavy (non-hydrogen) atoms. The predicted octanol–water partition coefficient (Wildman–Crippen LogP) is -1.19. The van der Waals surface area contributed by atoms with E-state index in [9.17, 15) is 0 Å². The molecule has 0 aliphatic carbocycles. The number of hydrogen-bond donors (Lipinski definition) is 0. The molecule has 0 saturated heterocycles. The summed E-state index contributed by atoms with van der Waals surface area (Å²) in [6.07, 6.45) is 0. The second kappa shape index (κ2) is 17.2. The first-order valence-electron chi connectivity index (χ1n) is 0. The fourth-order valence-electron chi connectivity index (χ4n) is 0. The SMILES string of the molecule is [AlH3].[Nb].[Ta].[Ti]. The van der Waals surface area contributed by atoms with E-state index in [0.29, 0.717) is 0 Å². The van der Waals surface area contributed by atoms with Gasteiger partial charge in [-0.3, -0.25) is 0 Å². The molecule has 0 saturated carbocycles. The molecule has 2 radical (unpaired) electrons. The zero-order chi connectivity index (χ0) is 0. The van der Waals surface area contributed by atoms with Gasteiger partial charge < -0.3 is 0 Å². The van der Waals surface area contributed by atoms with E-state index in [2.05, 4.69) is 0 Å². The Morgan fingerprint density at radius 3 is 1.00 bits per heavy atom. The van der Waals surface area contributed by atoms with Gasteiger partial charge in [0.25, 0.3) is 0 Å². The van der Waals surface area contributed by atoms with Gasteiger partial charge in [0.1, 0.15) is 0 Å². The number of hydrogen-bond acceptors (Lipinski definition) is 0. The number of rotatable bonds is 0. The fraction of sp³-hybridized carbons (Fsp3) is 0. The molecule has 0 amide bonds. The molecule has 0 heterocycles. The van der Waals surface area contributed by atoms with Gasteiger partial charge in [0.05, 0.1) is 0 Å². The van der Waals surface area contributed by atoms with E-state index in [1.807, 2.05) is 0 Å². The van der Waals surface area contributed by atoms with Gasteiger partial charge in [-0.1, -0.05) is 0 Å². The van der Waals surface area contributed by atoms with Crippen molar-refractivity contribution in [2.45, 2.75) is 0 Å². The van der Waals surface area contributed by atoms with Crippen molar-refractivity contribution in [1.29, 1.82) is 0 Å². The minimum atomic E-state index is 0. The topological polar surface area (TPSA) is 0 Å². The van der Waals surface area contributed by atoms with Crippen LogP contribution < -0.4 is 0 Å². The minimum absolute atomic E-state index is 0. The first-order valence-corrected chi connectivity index (χ1v) is 0. The van der Waals surface area contributed by atoms with Gasteiger partial charge in [0.2, 0.25) is 0 Å². The van der Waals surface area contributed by atoms with E-state index >= 15 is 0 Å². The van der Waals surface area contributed by atoms with Gasteiger partial charge in [-0.2, -0.15) is 0 Å². The molecule has 0 unspecified atom stereocenters. The maximum Gasteiger partial charge on any atom is 0.187 e. The van der Waals surface area contributed by atoms with Crippen molar-refractivity contribution in [1.82, 2.24) is 0 Å². The second-order valence-corrected chi connectivity index (χ2v) is 0. The molecule has 20 valence electrons. The molecule has 4 heteroatoms. The first-order chi connectivity index (χ1) is 0. The van der Waals surface area contributed by atoms with Crippen molar-refractivity contribution in [2.24, 2.45) is 0 Å². The van der Waals surface area contributed by atoms with Gasteiger partial charge in [0, 0.05) is 66.5 Å². The second-order valence-electron chi connectivity index (χ2n) is 0. The summed E-state index contributed by atoms with van der Waals surface area (Å²) in [5.74, 6) is 0. The molecule has 0 rings (SSSR count). The normalized spacial score (nSPS) is 0. The molecule has 0 fully saturated rings. The standard InChI is InChI=1S/Al.Nb.Ta.Ti.3H. The molecule has 0 bridgehead atoms. The van der Waals surface area contributed by atoms with Gasteiger partial charge >= 0.3 is 0 Å². The molecule has 0 aliphatic heterocycles. The summed E-state index contributed by atoms with van der Waals surface area (Å²) in [6.45, 7) is 0. The van der Waals surface area contributed by atoms with Crippen molar-refractivity contribution in [3.8, 4) is 0 Å². The van der Waals surface area contributed by atoms with Gasteiger partial charge in [-0.05, 0) is 0 Å². The van der Waals surface area contributed by atoms with Gasteiger partial charge in [0.15, 0.2) is 17.4 Å². The van der Waals surface area contributed by atoms with E-state index in [1.165, 1.54) is 0 Å². The Labute approximate surface area is 82.5 Å². The Morgan fingerprint density at radius 1 is 1.00 bits per heavy atom. The van der Waals surface area contributed by atoms with Crippen molar-refractivity contribution in [3.05, 3.63) is 0 Å². The summed E-state index contributed by atoms with van der Waals surface area (Å²) in [4.78, 5) is 0. The van der Waals surface area contributed by atoms with Crippen LogP contribution in [-0.4, -0.2) is 17.4 Å². The summed E-state index contributed by atoms with van der Waals surface area (Å²) in [6, 6.07) is 0. The molecule has 0 aromatic rings. The van der Waals surface area contributed by atoms with Gasteiger partial charge in [-0.15, -0.1) is 0 Å². The first kappa shape index (κ1) is 29.7. The van der Waals surface area contributed by atoms with Crippen LogP contribution in [0.5, 0.6) is 0 Å². The molecule has 0 spiro atoms. The Morgan fingerprint density at radius 2 is 1.00 bits per heavy atom. The van der Waals surface area contributed by atoms with Crippen molar-refractivity contribution < 1.29 is 66.5 Å². The van der Waals surface area contributed by atoms with Crippen LogP contribution >= 0.6 is 0 Å². The molecule has 0 aromatic heterocycles. The molecular formula is H3AlNbTaTi. The average molecular weight is 352 g/mol. The van der Waals surface area contributed by atoms with Crippen LogP contribution in [0.1, 0.15) is 0 Å². The molecule has 0 nitrogen and oxygen atoms in total. The molecule has 0 atom stereocenters. The van der Waals surface area contributed by atoms with E-state index in [1.54, 1.807) is 0 Å². The van der Waals surface area contributed by atoms with Crippen LogP contribution in [-0.2, 0) is 66.5 Å². The van der Waals surface area contributed by atoms with Gasteiger partial charge in [-0.25, -0.2) is 0 Å². The summed E-state index contributed by atoms with van der Waals surface area (Å²) >= 11 is 0. The van der Waals surface area contributed by atoms with Crippen molar-refractivity contribution in [2.75, 3.05) is 0 Å². The molecular weight excluding hydrogens is 349 g/mol. The Hall–Kier alpha value is 2.73. The Kier molecular flexibility index (Phi) is 128. The van der Waals surface area contributed by atoms with Crippen molar-refractivity contribution >= 4 is 17.4 Å². The van der Waals surface area contributed by atoms with E-state index < -0.39 is 0 Å². The quantitative estimate of drug-likeness (QED) is 0.482. The van der Waals surface area contributed by atoms with Crippen LogP contribution in [0.25, 0.3) is 0 Å². The summed E-state index contributed by atoms with van der Waals surface area (Å²) in [5.41, 5.74) is 0. The Bertz CT molecular complexity index is 8.00. The third kappa shape index (κ3) is 8.83. The van der Waals surface area contributed by atoms with E-state index in [4.69, 9.17) is 0 Å². The molecule has 0 aromatic carbocycles. The van der Waals surface area contributed by atoms with Crippen LogP contribution in [0.2, 0.25) is 0 Å². The fourth-order valence-corrected chi connectivity index (χ4v) is 0. The Balaban J connectivity index is 0. The smallest absolute Gasteiger partial charge is 0 e. The van der Waals surface area contributed by atoms with E-state index in [-0.39, 0.29) is 83.8 Å². The third-order valence-electron chi connectivity index (χ3n) is 0. The average Bonchev–Trinajstić information content (AvgIpc) is 0. The largest absolute Gasteiger partial charge is 0.187 e. The molecule has 0 N–H and O–H groups in total. The zero-order valence-corrected chi connectivity index (χ0v) is 8.37. The van der Waals surface area contributed by atoms with Crippen LogP contribution in [0.15, 0.2) is 0 Å². The third-order valence-corrected chi connectivity index (χ3v) is 0. The molecule has 0 aliphatic rings. The van der Waals surface area contributed by atoms with Crippen LogP contribution in [0, 0.1) is 0 Å².